The monoisotopic (exact) mass is 329 g/mol. The van der Waals surface area contributed by atoms with E-state index < -0.39 is 0 Å². The average molecular weight is 329 g/mol. The lowest BCUT2D eigenvalue weighted by Crippen LogP contribution is -2.32. The minimum atomic E-state index is 0.0708. The molecule has 7 heteroatoms. The molecule has 3 rings (SSSR count). The number of likely N-dealkylation sites (tertiary alicyclic amines) is 1. The fourth-order valence-corrected chi connectivity index (χ4v) is 3.07. The maximum Gasteiger partial charge on any atom is 0.257 e. The quantitative estimate of drug-likeness (QED) is 0.860. The highest BCUT2D eigenvalue weighted by Crippen LogP contribution is 2.19. The molecule has 0 radical (unpaired) electrons. The number of aromatic nitrogens is 4. The molecule has 0 N–H and O–H groups in total. The summed E-state index contributed by atoms with van der Waals surface area (Å²) in [7, 11) is 1.55. The van der Waals surface area contributed by atoms with Crippen LogP contribution in [0.4, 0.5) is 0 Å². The van der Waals surface area contributed by atoms with Crippen molar-refractivity contribution in [3.63, 3.8) is 0 Å². The van der Waals surface area contributed by atoms with Gasteiger partial charge in [-0.2, -0.15) is 5.10 Å². The number of ether oxygens (including phenoxy) is 1. The third-order valence-electron chi connectivity index (χ3n) is 4.38. The van der Waals surface area contributed by atoms with Crippen LogP contribution >= 0.6 is 0 Å². The Bertz CT molecular complexity index is 688. The molecule has 0 aromatic carbocycles. The second-order valence-corrected chi connectivity index (χ2v) is 5.91. The molecule has 0 aliphatic carbocycles. The second-order valence-electron chi connectivity index (χ2n) is 5.91. The highest BCUT2D eigenvalue weighted by atomic mass is 16.5. The molecule has 1 amide bonds. The van der Waals surface area contributed by atoms with E-state index in [-0.39, 0.29) is 5.91 Å². The topological polar surface area (TPSA) is 73.1 Å². The molecule has 1 aliphatic rings. The van der Waals surface area contributed by atoms with Crippen LogP contribution < -0.4 is 4.74 Å². The lowest BCUT2D eigenvalue weighted by atomic mass is 10.1. The SMILES string of the molecule is CCc1c(C(=O)N2CCCCCC2)cnn1-c1ccc(OC)nn1. The number of rotatable bonds is 4. The first-order valence-electron chi connectivity index (χ1n) is 8.49. The number of methoxy groups -OCH3 is 1. The standard InChI is InChI=1S/C17H23N5O2/c1-3-14-13(17(23)21-10-6-4-5-7-11-21)12-18-22(14)15-8-9-16(24-2)20-19-15/h8-9,12H,3-7,10-11H2,1-2H3. The molecule has 128 valence electrons. The van der Waals surface area contributed by atoms with Gasteiger partial charge in [0, 0.05) is 19.2 Å². The van der Waals surface area contributed by atoms with Crippen molar-refractivity contribution in [1.82, 2.24) is 24.9 Å². The van der Waals surface area contributed by atoms with E-state index in [1.165, 1.54) is 12.8 Å². The Balaban J connectivity index is 1.89. The van der Waals surface area contributed by atoms with Crippen LogP contribution in [-0.2, 0) is 6.42 Å². The summed E-state index contributed by atoms with van der Waals surface area (Å²) in [5, 5.41) is 12.5. The third-order valence-corrected chi connectivity index (χ3v) is 4.38. The van der Waals surface area contributed by atoms with Gasteiger partial charge in [0.1, 0.15) is 0 Å². The fourth-order valence-electron chi connectivity index (χ4n) is 3.07. The van der Waals surface area contributed by atoms with Gasteiger partial charge in [-0.1, -0.05) is 19.8 Å². The summed E-state index contributed by atoms with van der Waals surface area (Å²) in [4.78, 5) is 14.8. The van der Waals surface area contributed by atoms with E-state index in [1.807, 2.05) is 11.8 Å². The Morgan fingerprint density at radius 2 is 1.92 bits per heavy atom. The molecule has 3 heterocycles. The molecule has 2 aromatic heterocycles. The van der Waals surface area contributed by atoms with Gasteiger partial charge in [0.15, 0.2) is 5.82 Å². The molecule has 0 atom stereocenters. The molecule has 1 fully saturated rings. The summed E-state index contributed by atoms with van der Waals surface area (Å²) < 4.78 is 6.72. The molecule has 0 bridgehead atoms. The minimum Gasteiger partial charge on any atom is -0.480 e. The van der Waals surface area contributed by atoms with Gasteiger partial charge in [-0.25, -0.2) is 4.68 Å². The summed E-state index contributed by atoms with van der Waals surface area (Å²) in [6.45, 7) is 3.68. The number of amides is 1. The molecule has 0 unspecified atom stereocenters. The molecule has 1 saturated heterocycles. The molecular weight excluding hydrogens is 306 g/mol. The fraction of sp³-hybridized carbons (Fsp3) is 0.529. The number of hydrogen-bond acceptors (Lipinski definition) is 5. The molecule has 7 nitrogen and oxygen atoms in total. The van der Waals surface area contributed by atoms with Gasteiger partial charge in [-0.15, -0.1) is 10.2 Å². The van der Waals surface area contributed by atoms with E-state index in [1.54, 1.807) is 30.1 Å². The van der Waals surface area contributed by atoms with Gasteiger partial charge < -0.3 is 9.64 Å². The van der Waals surface area contributed by atoms with Crippen LogP contribution in [0, 0.1) is 0 Å². The van der Waals surface area contributed by atoms with Gasteiger partial charge in [-0.3, -0.25) is 4.79 Å². The van der Waals surface area contributed by atoms with E-state index in [9.17, 15) is 4.79 Å². The van der Waals surface area contributed by atoms with Crippen molar-refractivity contribution in [3.8, 4) is 11.7 Å². The maximum atomic E-state index is 12.9. The molecule has 1 aliphatic heterocycles. The largest absolute Gasteiger partial charge is 0.480 e. The van der Waals surface area contributed by atoms with Crippen molar-refractivity contribution in [1.29, 1.82) is 0 Å². The predicted octanol–water partition coefficient (Wildman–Crippen LogP) is 2.25. The molecule has 2 aromatic rings. The number of carbonyl (C=O) groups excluding carboxylic acids is 1. The summed E-state index contributed by atoms with van der Waals surface area (Å²) in [5.41, 5.74) is 1.53. The van der Waals surface area contributed by atoms with Crippen molar-refractivity contribution in [3.05, 3.63) is 29.6 Å². The van der Waals surface area contributed by atoms with E-state index in [0.29, 0.717) is 23.7 Å². The van der Waals surface area contributed by atoms with Crippen molar-refractivity contribution < 1.29 is 9.53 Å². The number of nitrogens with zero attached hydrogens (tertiary/aromatic N) is 5. The zero-order valence-electron chi connectivity index (χ0n) is 14.2. The summed E-state index contributed by atoms with van der Waals surface area (Å²) >= 11 is 0. The molecule has 24 heavy (non-hydrogen) atoms. The van der Waals surface area contributed by atoms with Crippen LogP contribution in [0.25, 0.3) is 5.82 Å². The first-order valence-corrected chi connectivity index (χ1v) is 8.49. The zero-order chi connectivity index (χ0) is 16.9. The Morgan fingerprint density at radius 3 is 2.50 bits per heavy atom. The number of hydrogen-bond donors (Lipinski definition) is 0. The van der Waals surface area contributed by atoms with Gasteiger partial charge in [-0.05, 0) is 25.3 Å². The van der Waals surface area contributed by atoms with Gasteiger partial charge in [0.25, 0.3) is 5.91 Å². The van der Waals surface area contributed by atoms with Crippen LogP contribution in [0.15, 0.2) is 18.3 Å². The molecular formula is C17H23N5O2. The van der Waals surface area contributed by atoms with E-state index >= 15 is 0 Å². The zero-order valence-corrected chi connectivity index (χ0v) is 14.2. The Morgan fingerprint density at radius 1 is 1.17 bits per heavy atom. The molecule has 0 spiro atoms. The lowest BCUT2D eigenvalue weighted by Gasteiger charge is -2.20. The summed E-state index contributed by atoms with van der Waals surface area (Å²) in [6, 6.07) is 3.53. The summed E-state index contributed by atoms with van der Waals surface area (Å²) in [5.74, 6) is 1.11. The average Bonchev–Trinajstić information content (AvgIpc) is 2.86. The second kappa shape index (κ2) is 7.42. The Kier molecular flexibility index (Phi) is 5.08. The van der Waals surface area contributed by atoms with Crippen molar-refractivity contribution in [2.75, 3.05) is 20.2 Å². The van der Waals surface area contributed by atoms with Crippen LogP contribution in [-0.4, -0.2) is 51.0 Å². The highest BCUT2D eigenvalue weighted by molar-refractivity contribution is 5.95. The van der Waals surface area contributed by atoms with Crippen LogP contribution in [0.3, 0.4) is 0 Å². The van der Waals surface area contributed by atoms with Gasteiger partial charge in [0.2, 0.25) is 5.88 Å². The van der Waals surface area contributed by atoms with Crippen molar-refractivity contribution >= 4 is 5.91 Å². The first kappa shape index (κ1) is 16.4. The Hall–Kier alpha value is -2.44. The van der Waals surface area contributed by atoms with Crippen molar-refractivity contribution in [2.24, 2.45) is 0 Å². The van der Waals surface area contributed by atoms with Crippen LogP contribution in [0.5, 0.6) is 5.88 Å². The maximum absolute atomic E-state index is 12.9. The van der Waals surface area contributed by atoms with Gasteiger partial charge in [0.05, 0.1) is 24.6 Å². The lowest BCUT2D eigenvalue weighted by molar-refractivity contribution is 0.0760. The predicted molar refractivity (Wildman–Crippen MR) is 89.5 cm³/mol. The minimum absolute atomic E-state index is 0.0708. The van der Waals surface area contributed by atoms with Crippen molar-refractivity contribution in [2.45, 2.75) is 39.0 Å². The van der Waals surface area contributed by atoms with Crippen LogP contribution in [0.2, 0.25) is 0 Å². The highest BCUT2D eigenvalue weighted by Gasteiger charge is 2.23. The van der Waals surface area contributed by atoms with Crippen LogP contribution in [0.1, 0.15) is 48.7 Å². The Labute approximate surface area is 141 Å². The molecule has 0 saturated carbocycles. The normalized spacial score (nSPS) is 15.2. The van der Waals surface area contributed by atoms with E-state index in [2.05, 4.69) is 15.3 Å². The van der Waals surface area contributed by atoms with Gasteiger partial charge >= 0.3 is 0 Å². The summed E-state index contributed by atoms with van der Waals surface area (Å²) in [6.07, 6.45) is 6.90. The van der Waals surface area contributed by atoms with E-state index in [0.717, 1.165) is 31.6 Å². The third kappa shape index (κ3) is 3.25. The number of carbonyl (C=O) groups is 1. The van der Waals surface area contributed by atoms with E-state index in [4.69, 9.17) is 4.74 Å². The first-order chi connectivity index (χ1) is 11.7. The smallest absolute Gasteiger partial charge is 0.257 e.